The van der Waals surface area contributed by atoms with Gasteiger partial charge < -0.3 is 5.32 Å². The summed E-state index contributed by atoms with van der Waals surface area (Å²) in [4.78, 5) is 2.61. The highest BCUT2D eigenvalue weighted by Gasteiger charge is 2.17. The molecule has 0 saturated carbocycles. The van der Waals surface area contributed by atoms with Gasteiger partial charge in [0.15, 0.2) is 0 Å². The number of rotatable bonds is 2. The molecule has 2 heteroatoms. The van der Waals surface area contributed by atoms with E-state index in [4.69, 9.17) is 0 Å². The maximum atomic E-state index is 3.43. The lowest BCUT2D eigenvalue weighted by atomic mass is 9.96. The molecule has 80 valence electrons. The summed E-state index contributed by atoms with van der Waals surface area (Å²) in [5, 5.41) is 3.43. The van der Waals surface area contributed by atoms with Crippen molar-refractivity contribution in [2.45, 2.75) is 26.2 Å². The fraction of sp³-hybridized carbons (Fsp3) is 0.833. The summed E-state index contributed by atoms with van der Waals surface area (Å²) >= 11 is 0. The van der Waals surface area contributed by atoms with E-state index in [0.717, 1.165) is 5.92 Å². The van der Waals surface area contributed by atoms with Crippen LogP contribution < -0.4 is 5.32 Å². The van der Waals surface area contributed by atoms with Crippen LogP contribution in [0.3, 0.4) is 0 Å². The van der Waals surface area contributed by atoms with E-state index in [1.54, 1.807) is 5.57 Å². The molecule has 1 fully saturated rings. The van der Waals surface area contributed by atoms with E-state index in [9.17, 15) is 0 Å². The topological polar surface area (TPSA) is 15.3 Å². The zero-order valence-electron chi connectivity index (χ0n) is 9.26. The third-order valence-corrected chi connectivity index (χ3v) is 3.50. The van der Waals surface area contributed by atoms with Crippen molar-refractivity contribution in [3.8, 4) is 0 Å². The highest BCUT2D eigenvalue weighted by atomic mass is 15.1. The van der Waals surface area contributed by atoms with Gasteiger partial charge in [-0.25, -0.2) is 0 Å². The standard InChI is InChI=1S/C12H22N2/c1-11-4-8-14(9-5-11)10-12-2-6-13-7-3-12/h4,12-13H,2-3,5-10H2,1H3. The maximum absolute atomic E-state index is 3.43. The van der Waals surface area contributed by atoms with Crippen molar-refractivity contribution < 1.29 is 0 Å². The third-order valence-electron chi connectivity index (χ3n) is 3.50. The summed E-state index contributed by atoms with van der Waals surface area (Å²) in [6.45, 7) is 8.51. The summed E-state index contributed by atoms with van der Waals surface area (Å²) in [7, 11) is 0. The second-order valence-electron chi connectivity index (χ2n) is 4.75. The van der Waals surface area contributed by atoms with Crippen LogP contribution in [0.5, 0.6) is 0 Å². The van der Waals surface area contributed by atoms with Crippen LogP contribution >= 0.6 is 0 Å². The molecule has 2 aliphatic heterocycles. The molecule has 0 radical (unpaired) electrons. The van der Waals surface area contributed by atoms with Gasteiger partial charge in [0.2, 0.25) is 0 Å². The van der Waals surface area contributed by atoms with Crippen LogP contribution in [0.1, 0.15) is 26.2 Å². The predicted octanol–water partition coefficient (Wildman–Crippen LogP) is 1.64. The van der Waals surface area contributed by atoms with Gasteiger partial charge in [-0.3, -0.25) is 4.90 Å². The molecule has 0 aromatic heterocycles. The van der Waals surface area contributed by atoms with Gasteiger partial charge >= 0.3 is 0 Å². The largest absolute Gasteiger partial charge is 0.317 e. The van der Waals surface area contributed by atoms with Crippen LogP contribution in [-0.2, 0) is 0 Å². The monoisotopic (exact) mass is 194 g/mol. The molecule has 0 aromatic rings. The average Bonchev–Trinajstić information content (AvgIpc) is 2.23. The van der Waals surface area contributed by atoms with Crippen molar-refractivity contribution in [1.29, 1.82) is 0 Å². The van der Waals surface area contributed by atoms with Gasteiger partial charge in [0.25, 0.3) is 0 Å². The molecule has 0 bridgehead atoms. The lowest BCUT2D eigenvalue weighted by Crippen LogP contribution is -2.37. The number of hydrogen-bond donors (Lipinski definition) is 1. The molecule has 0 aromatic carbocycles. The molecule has 2 heterocycles. The van der Waals surface area contributed by atoms with E-state index in [-0.39, 0.29) is 0 Å². The van der Waals surface area contributed by atoms with E-state index >= 15 is 0 Å². The van der Waals surface area contributed by atoms with Crippen LogP contribution in [0.25, 0.3) is 0 Å². The van der Waals surface area contributed by atoms with Gasteiger partial charge in [0.05, 0.1) is 0 Å². The molecular weight excluding hydrogens is 172 g/mol. The molecule has 0 unspecified atom stereocenters. The van der Waals surface area contributed by atoms with Gasteiger partial charge in [-0.1, -0.05) is 11.6 Å². The smallest absolute Gasteiger partial charge is 0.0165 e. The maximum Gasteiger partial charge on any atom is 0.0165 e. The van der Waals surface area contributed by atoms with Crippen LogP contribution in [0.2, 0.25) is 0 Å². The van der Waals surface area contributed by atoms with Crippen molar-refractivity contribution in [3.05, 3.63) is 11.6 Å². The molecule has 2 nitrogen and oxygen atoms in total. The van der Waals surface area contributed by atoms with Crippen molar-refractivity contribution in [3.63, 3.8) is 0 Å². The van der Waals surface area contributed by atoms with Crippen LogP contribution in [0.15, 0.2) is 11.6 Å². The van der Waals surface area contributed by atoms with Gasteiger partial charge in [0.1, 0.15) is 0 Å². The Labute approximate surface area is 87.4 Å². The number of piperidine rings is 1. The van der Waals surface area contributed by atoms with Gasteiger partial charge in [-0.05, 0) is 45.2 Å². The zero-order chi connectivity index (χ0) is 9.80. The van der Waals surface area contributed by atoms with Crippen LogP contribution in [0, 0.1) is 5.92 Å². The number of nitrogens with zero attached hydrogens (tertiary/aromatic N) is 1. The molecule has 0 spiro atoms. The van der Waals surface area contributed by atoms with Gasteiger partial charge in [-0.2, -0.15) is 0 Å². The second-order valence-corrected chi connectivity index (χ2v) is 4.75. The normalized spacial score (nSPS) is 26.2. The first-order valence-electron chi connectivity index (χ1n) is 5.93. The Morgan fingerprint density at radius 2 is 2.21 bits per heavy atom. The van der Waals surface area contributed by atoms with Gasteiger partial charge in [-0.15, -0.1) is 0 Å². The Hall–Kier alpha value is -0.340. The van der Waals surface area contributed by atoms with Crippen molar-refractivity contribution >= 4 is 0 Å². The lowest BCUT2D eigenvalue weighted by molar-refractivity contribution is 0.217. The third kappa shape index (κ3) is 2.82. The summed E-state index contributed by atoms with van der Waals surface area (Å²) in [6, 6.07) is 0. The minimum absolute atomic E-state index is 0.947. The molecular formula is C12H22N2. The molecule has 1 N–H and O–H groups in total. The molecule has 0 amide bonds. The highest BCUT2D eigenvalue weighted by molar-refractivity contribution is 5.03. The van der Waals surface area contributed by atoms with Crippen molar-refractivity contribution in [2.24, 2.45) is 5.92 Å². The van der Waals surface area contributed by atoms with E-state index in [0.29, 0.717) is 0 Å². The summed E-state index contributed by atoms with van der Waals surface area (Å²) in [6.07, 6.45) is 6.42. The highest BCUT2D eigenvalue weighted by Crippen LogP contribution is 2.16. The van der Waals surface area contributed by atoms with Crippen molar-refractivity contribution in [1.82, 2.24) is 10.2 Å². The fourth-order valence-electron chi connectivity index (χ4n) is 2.41. The van der Waals surface area contributed by atoms with Gasteiger partial charge in [0, 0.05) is 19.6 Å². The molecule has 14 heavy (non-hydrogen) atoms. The van der Waals surface area contributed by atoms with Crippen LogP contribution in [-0.4, -0.2) is 37.6 Å². The minimum Gasteiger partial charge on any atom is -0.317 e. The fourth-order valence-corrected chi connectivity index (χ4v) is 2.41. The SMILES string of the molecule is CC1=CCN(CC2CCNCC2)CC1. The predicted molar refractivity (Wildman–Crippen MR) is 60.4 cm³/mol. The second kappa shape index (κ2) is 4.94. The molecule has 0 atom stereocenters. The van der Waals surface area contributed by atoms with E-state index in [2.05, 4.69) is 23.2 Å². The quantitative estimate of drug-likeness (QED) is 0.672. The molecule has 2 aliphatic rings. The average molecular weight is 194 g/mol. The lowest BCUT2D eigenvalue weighted by Gasteiger charge is -2.31. The Morgan fingerprint density at radius 1 is 1.43 bits per heavy atom. The van der Waals surface area contributed by atoms with E-state index in [1.165, 1.54) is 52.0 Å². The Kier molecular flexibility index (Phi) is 3.60. The number of hydrogen-bond acceptors (Lipinski definition) is 2. The molecule has 2 rings (SSSR count). The first-order chi connectivity index (χ1) is 6.84. The van der Waals surface area contributed by atoms with E-state index < -0.39 is 0 Å². The Bertz CT molecular complexity index is 204. The summed E-state index contributed by atoms with van der Waals surface area (Å²) in [5.74, 6) is 0.947. The first kappa shape index (κ1) is 10.2. The zero-order valence-corrected chi connectivity index (χ0v) is 9.26. The molecule has 1 saturated heterocycles. The summed E-state index contributed by atoms with van der Waals surface area (Å²) in [5.41, 5.74) is 1.58. The van der Waals surface area contributed by atoms with Crippen LogP contribution in [0.4, 0.5) is 0 Å². The number of nitrogens with one attached hydrogen (secondary N) is 1. The summed E-state index contributed by atoms with van der Waals surface area (Å²) < 4.78 is 0. The van der Waals surface area contributed by atoms with Crippen molar-refractivity contribution in [2.75, 3.05) is 32.7 Å². The molecule has 0 aliphatic carbocycles. The Balaban J connectivity index is 1.74. The van der Waals surface area contributed by atoms with E-state index in [1.807, 2.05) is 0 Å². The Morgan fingerprint density at radius 3 is 2.86 bits per heavy atom. The first-order valence-corrected chi connectivity index (χ1v) is 5.93. The minimum atomic E-state index is 0.947.